The van der Waals surface area contributed by atoms with Gasteiger partial charge in [0.15, 0.2) is 6.49 Å². The zero-order valence-corrected chi connectivity index (χ0v) is 9.37. The van der Waals surface area contributed by atoms with Crippen molar-refractivity contribution in [2.75, 3.05) is 27.0 Å². The minimum Gasteiger partial charge on any atom is -0.396 e. The highest BCUT2D eigenvalue weighted by atomic mass is 32.5. The number of aliphatic hydroxyl groups excluding tert-OH is 1. The molecule has 0 aliphatic heterocycles. The number of rotatable bonds is 7. The topological polar surface area (TPSA) is 38.7 Å². The van der Waals surface area contributed by atoms with Crippen molar-refractivity contribution >= 4 is 18.3 Å². The third kappa shape index (κ3) is 5.22. The Balaban J connectivity index is 3.52. The van der Waals surface area contributed by atoms with Crippen LogP contribution in [0.3, 0.4) is 0 Å². The van der Waals surface area contributed by atoms with Gasteiger partial charge >= 0.3 is 0 Å². The van der Waals surface area contributed by atoms with Gasteiger partial charge in [-0.15, -0.1) is 0 Å². The zero-order chi connectivity index (χ0) is 9.45. The monoisotopic (exact) mass is 212 g/mol. The lowest BCUT2D eigenvalue weighted by atomic mass is 10.3. The van der Waals surface area contributed by atoms with Crippen molar-refractivity contribution in [3.05, 3.63) is 0 Å². The van der Waals surface area contributed by atoms with Crippen LogP contribution < -0.4 is 0 Å². The van der Waals surface area contributed by atoms with E-state index >= 15 is 0 Å². The maximum Gasteiger partial charge on any atom is 0.188 e. The van der Waals surface area contributed by atoms with E-state index in [1.165, 1.54) is 0 Å². The number of hydrogen-bond acceptors (Lipinski definition) is 4. The van der Waals surface area contributed by atoms with E-state index in [4.69, 9.17) is 26.0 Å². The molecule has 74 valence electrons. The lowest BCUT2D eigenvalue weighted by molar-refractivity contribution is 0.283. The summed E-state index contributed by atoms with van der Waals surface area (Å²) in [5.74, 6) is 0. The quantitative estimate of drug-likeness (QED) is 0.515. The number of unbranched alkanes of at least 4 members (excludes halogenated alkanes) is 2. The number of aliphatic hydroxyl groups is 1. The summed E-state index contributed by atoms with van der Waals surface area (Å²) in [6, 6.07) is 0. The molecule has 0 saturated carbocycles. The van der Waals surface area contributed by atoms with Crippen LogP contribution in [0.1, 0.15) is 19.3 Å². The Labute approximate surface area is 79.2 Å². The van der Waals surface area contributed by atoms with Crippen molar-refractivity contribution < 1.29 is 14.2 Å². The molecule has 0 spiro atoms. The van der Waals surface area contributed by atoms with Crippen molar-refractivity contribution in [3.63, 3.8) is 0 Å². The van der Waals surface area contributed by atoms with Gasteiger partial charge in [0.2, 0.25) is 0 Å². The first-order valence-corrected chi connectivity index (χ1v) is 6.82. The Kier molecular flexibility index (Phi) is 7.29. The molecule has 0 rings (SSSR count). The number of hydrogen-bond donors (Lipinski definition) is 1. The summed E-state index contributed by atoms with van der Waals surface area (Å²) < 4.78 is 10.2. The van der Waals surface area contributed by atoms with Crippen molar-refractivity contribution in [1.82, 2.24) is 0 Å². The molecule has 0 aliphatic rings. The van der Waals surface area contributed by atoms with E-state index in [0.717, 1.165) is 25.4 Å². The summed E-state index contributed by atoms with van der Waals surface area (Å²) in [6.07, 6.45) is 3.60. The Morgan fingerprint density at radius 2 is 1.75 bits per heavy atom. The zero-order valence-electron chi connectivity index (χ0n) is 7.65. The molecule has 0 amide bonds. The lowest BCUT2D eigenvalue weighted by Gasteiger charge is -2.16. The third-order valence-corrected chi connectivity index (χ3v) is 5.07. The van der Waals surface area contributed by atoms with E-state index in [1.54, 1.807) is 14.2 Å². The first-order chi connectivity index (χ1) is 5.68. The van der Waals surface area contributed by atoms with Crippen molar-refractivity contribution in [1.29, 1.82) is 0 Å². The summed E-state index contributed by atoms with van der Waals surface area (Å²) in [6.45, 7) is -1.72. The summed E-state index contributed by atoms with van der Waals surface area (Å²) in [5.41, 5.74) is 0. The Morgan fingerprint density at radius 3 is 2.17 bits per heavy atom. The van der Waals surface area contributed by atoms with E-state index in [-0.39, 0.29) is 6.61 Å². The minimum atomic E-state index is -1.97. The highest BCUT2D eigenvalue weighted by molar-refractivity contribution is 8.09. The molecule has 0 heterocycles. The minimum absolute atomic E-state index is 0.253. The average Bonchev–Trinajstić information content (AvgIpc) is 2.12. The first kappa shape index (κ1) is 12.5. The van der Waals surface area contributed by atoms with Gasteiger partial charge in [-0.3, -0.25) is 0 Å². The molecule has 0 saturated heterocycles. The van der Waals surface area contributed by atoms with E-state index in [2.05, 4.69) is 0 Å². The molecule has 0 aromatic rings. The van der Waals surface area contributed by atoms with Crippen molar-refractivity contribution in [3.8, 4) is 0 Å². The highest BCUT2D eigenvalue weighted by Gasteiger charge is 2.13. The van der Waals surface area contributed by atoms with Crippen LogP contribution in [0.5, 0.6) is 0 Å². The summed E-state index contributed by atoms with van der Waals surface area (Å²) >= 11 is 5.16. The van der Waals surface area contributed by atoms with Gasteiger partial charge in [0.25, 0.3) is 0 Å². The lowest BCUT2D eigenvalue weighted by Crippen LogP contribution is -1.95. The molecule has 0 radical (unpaired) electrons. The van der Waals surface area contributed by atoms with Crippen molar-refractivity contribution in [2.24, 2.45) is 0 Å². The van der Waals surface area contributed by atoms with Crippen molar-refractivity contribution in [2.45, 2.75) is 19.3 Å². The molecule has 0 aromatic heterocycles. The molecule has 0 aliphatic carbocycles. The molecule has 12 heavy (non-hydrogen) atoms. The SMILES string of the molecule is COP(=S)(CCCCCO)OC. The van der Waals surface area contributed by atoms with Gasteiger partial charge in [0.05, 0.1) is 0 Å². The fourth-order valence-electron chi connectivity index (χ4n) is 0.851. The Hall–Kier alpha value is 0.530. The second-order valence-corrected chi connectivity index (χ2v) is 6.55. The molecule has 5 heteroatoms. The van der Waals surface area contributed by atoms with Gasteiger partial charge in [-0.05, 0) is 24.6 Å². The third-order valence-electron chi connectivity index (χ3n) is 1.65. The highest BCUT2D eigenvalue weighted by Crippen LogP contribution is 2.47. The van der Waals surface area contributed by atoms with Crippen LogP contribution in [0.2, 0.25) is 0 Å². The van der Waals surface area contributed by atoms with E-state index in [1.807, 2.05) is 0 Å². The van der Waals surface area contributed by atoms with Crippen LogP contribution in [0.25, 0.3) is 0 Å². The van der Waals surface area contributed by atoms with E-state index in [9.17, 15) is 0 Å². The molecule has 3 nitrogen and oxygen atoms in total. The molecule has 0 aromatic carbocycles. The molecular weight excluding hydrogens is 195 g/mol. The second-order valence-electron chi connectivity index (χ2n) is 2.48. The maximum atomic E-state index is 8.53. The van der Waals surface area contributed by atoms with Gasteiger partial charge in [-0.25, -0.2) is 0 Å². The summed E-state index contributed by atoms with van der Waals surface area (Å²) in [5, 5.41) is 8.53. The molecule has 0 atom stereocenters. The molecular formula is C7H17O3PS. The van der Waals surface area contributed by atoms with Crippen LogP contribution >= 0.6 is 6.49 Å². The van der Waals surface area contributed by atoms with Crippen LogP contribution in [0, 0.1) is 0 Å². The largest absolute Gasteiger partial charge is 0.396 e. The fraction of sp³-hybridized carbons (Fsp3) is 1.00. The first-order valence-electron chi connectivity index (χ1n) is 4.00. The van der Waals surface area contributed by atoms with Crippen LogP contribution in [-0.4, -0.2) is 32.1 Å². The van der Waals surface area contributed by atoms with Gasteiger partial charge in [0, 0.05) is 27.0 Å². The maximum absolute atomic E-state index is 8.53. The fourth-order valence-corrected chi connectivity index (χ4v) is 2.36. The van der Waals surface area contributed by atoms with Gasteiger partial charge < -0.3 is 14.2 Å². The van der Waals surface area contributed by atoms with Crippen LogP contribution in [-0.2, 0) is 20.9 Å². The van der Waals surface area contributed by atoms with Gasteiger partial charge in [-0.2, -0.15) is 0 Å². The summed E-state index contributed by atoms with van der Waals surface area (Å²) in [7, 11) is 3.19. The average molecular weight is 212 g/mol. The van der Waals surface area contributed by atoms with Crippen LogP contribution in [0.15, 0.2) is 0 Å². The Morgan fingerprint density at radius 1 is 1.17 bits per heavy atom. The van der Waals surface area contributed by atoms with Crippen LogP contribution in [0.4, 0.5) is 0 Å². The predicted molar refractivity (Wildman–Crippen MR) is 54.1 cm³/mol. The normalized spacial score (nSPS) is 11.9. The van der Waals surface area contributed by atoms with E-state index < -0.39 is 6.49 Å². The summed E-state index contributed by atoms with van der Waals surface area (Å²) in [4.78, 5) is 0. The molecule has 0 fully saturated rings. The second kappa shape index (κ2) is 6.98. The molecule has 0 bridgehead atoms. The smallest absolute Gasteiger partial charge is 0.188 e. The molecule has 0 unspecified atom stereocenters. The predicted octanol–water partition coefficient (Wildman–Crippen LogP) is 1.75. The molecule has 1 N–H and O–H groups in total. The van der Waals surface area contributed by atoms with Gasteiger partial charge in [0.1, 0.15) is 0 Å². The standard InChI is InChI=1S/C7H17O3PS/c1-9-11(12,10-2)7-5-3-4-6-8/h8H,3-7H2,1-2H3. The van der Waals surface area contributed by atoms with Gasteiger partial charge in [-0.1, -0.05) is 6.42 Å². The van der Waals surface area contributed by atoms with E-state index in [0.29, 0.717) is 0 Å². The Bertz CT molecular complexity index is 144.